The van der Waals surface area contributed by atoms with Gasteiger partial charge < -0.3 is 5.73 Å². The molecule has 2 N–H and O–H groups in total. The summed E-state index contributed by atoms with van der Waals surface area (Å²) >= 11 is 0. The van der Waals surface area contributed by atoms with Gasteiger partial charge in [0.15, 0.2) is 0 Å². The Morgan fingerprint density at radius 1 is 1.54 bits per heavy atom. The van der Waals surface area contributed by atoms with E-state index in [1.807, 2.05) is 10.9 Å². The predicted octanol–water partition coefficient (Wildman–Crippen LogP) is 2.29. The van der Waals surface area contributed by atoms with Crippen molar-refractivity contribution in [2.24, 2.45) is 5.41 Å². The highest BCUT2D eigenvalue weighted by molar-refractivity contribution is 5.30. The van der Waals surface area contributed by atoms with Crippen molar-refractivity contribution in [2.45, 2.75) is 40.2 Å². The molecule has 0 aromatic carbocycles. The van der Waals surface area contributed by atoms with Gasteiger partial charge in [-0.3, -0.25) is 4.68 Å². The molecule has 0 atom stereocenters. The number of nitrogens with two attached hydrogens (primary N) is 1. The van der Waals surface area contributed by atoms with Crippen LogP contribution in [0.25, 0.3) is 0 Å². The van der Waals surface area contributed by atoms with E-state index in [0.717, 1.165) is 18.7 Å². The summed E-state index contributed by atoms with van der Waals surface area (Å²) in [5, 5.41) is 4.14. The minimum absolute atomic E-state index is 0.403. The maximum atomic E-state index is 5.57. The molecule has 0 fully saturated rings. The monoisotopic (exact) mass is 181 g/mol. The fraction of sp³-hybridized carbons (Fsp3) is 0.700. The van der Waals surface area contributed by atoms with E-state index in [0.29, 0.717) is 5.41 Å². The molecule has 13 heavy (non-hydrogen) atoms. The minimum Gasteiger partial charge on any atom is -0.396 e. The second kappa shape index (κ2) is 3.81. The van der Waals surface area contributed by atoms with Crippen LogP contribution in [0.3, 0.4) is 0 Å². The zero-order valence-electron chi connectivity index (χ0n) is 8.75. The SMILES string of the molecule is CCC(C)(C)CCn1cc(N)cn1. The molecule has 0 aliphatic heterocycles. The average molecular weight is 181 g/mol. The number of nitrogen functional groups attached to an aromatic ring is 1. The molecular weight excluding hydrogens is 162 g/mol. The lowest BCUT2D eigenvalue weighted by atomic mass is 9.87. The number of anilines is 1. The first-order valence-corrected chi connectivity index (χ1v) is 4.81. The highest BCUT2D eigenvalue weighted by Gasteiger charge is 2.14. The Morgan fingerprint density at radius 3 is 2.69 bits per heavy atom. The molecule has 3 nitrogen and oxygen atoms in total. The fourth-order valence-corrected chi connectivity index (χ4v) is 1.10. The van der Waals surface area contributed by atoms with Gasteiger partial charge in [0, 0.05) is 12.7 Å². The molecule has 0 saturated carbocycles. The molecule has 0 aliphatic carbocycles. The quantitative estimate of drug-likeness (QED) is 0.774. The lowest BCUT2D eigenvalue weighted by Gasteiger charge is -2.21. The number of hydrogen-bond donors (Lipinski definition) is 1. The summed E-state index contributed by atoms with van der Waals surface area (Å²) in [6.07, 6.45) is 5.92. The molecule has 1 rings (SSSR count). The van der Waals surface area contributed by atoms with Gasteiger partial charge in [-0.2, -0.15) is 5.10 Å². The Hall–Kier alpha value is -0.990. The third kappa shape index (κ3) is 3.09. The molecule has 0 unspecified atom stereocenters. The molecule has 3 heteroatoms. The summed E-state index contributed by atoms with van der Waals surface area (Å²) in [6, 6.07) is 0. The Kier molecular flexibility index (Phi) is 2.96. The number of nitrogens with zero attached hydrogens (tertiary/aromatic N) is 2. The summed E-state index contributed by atoms with van der Waals surface area (Å²) in [5.74, 6) is 0. The maximum absolute atomic E-state index is 5.57. The summed E-state index contributed by atoms with van der Waals surface area (Å²) in [5.41, 5.74) is 6.72. The van der Waals surface area contributed by atoms with Gasteiger partial charge >= 0.3 is 0 Å². The smallest absolute Gasteiger partial charge is 0.0719 e. The van der Waals surface area contributed by atoms with Crippen LogP contribution in [0.15, 0.2) is 12.4 Å². The molecule has 1 aromatic heterocycles. The van der Waals surface area contributed by atoms with E-state index in [2.05, 4.69) is 25.9 Å². The van der Waals surface area contributed by atoms with E-state index in [1.165, 1.54) is 6.42 Å². The van der Waals surface area contributed by atoms with Crippen LogP contribution in [0.5, 0.6) is 0 Å². The van der Waals surface area contributed by atoms with E-state index in [4.69, 9.17) is 5.73 Å². The zero-order chi connectivity index (χ0) is 9.90. The van der Waals surface area contributed by atoms with Crippen LogP contribution < -0.4 is 5.73 Å². The minimum atomic E-state index is 0.403. The first-order valence-electron chi connectivity index (χ1n) is 4.81. The van der Waals surface area contributed by atoms with Gasteiger partial charge in [-0.1, -0.05) is 27.2 Å². The van der Waals surface area contributed by atoms with Crippen molar-refractivity contribution in [1.82, 2.24) is 9.78 Å². The topological polar surface area (TPSA) is 43.8 Å². The Bertz CT molecular complexity index is 263. The van der Waals surface area contributed by atoms with Crippen molar-refractivity contribution in [3.05, 3.63) is 12.4 Å². The molecule has 0 aliphatic rings. The fourth-order valence-electron chi connectivity index (χ4n) is 1.10. The van der Waals surface area contributed by atoms with Crippen molar-refractivity contribution >= 4 is 5.69 Å². The van der Waals surface area contributed by atoms with Crippen LogP contribution >= 0.6 is 0 Å². The summed E-state index contributed by atoms with van der Waals surface area (Å²) in [7, 11) is 0. The largest absolute Gasteiger partial charge is 0.396 e. The van der Waals surface area contributed by atoms with Gasteiger partial charge in [-0.05, 0) is 11.8 Å². The molecule has 0 radical (unpaired) electrons. The first-order chi connectivity index (χ1) is 6.03. The van der Waals surface area contributed by atoms with Gasteiger partial charge in [0.2, 0.25) is 0 Å². The van der Waals surface area contributed by atoms with Gasteiger partial charge in [-0.25, -0.2) is 0 Å². The second-order valence-corrected chi connectivity index (χ2v) is 4.30. The highest BCUT2D eigenvalue weighted by Crippen LogP contribution is 2.24. The maximum Gasteiger partial charge on any atom is 0.0719 e. The molecule has 0 spiro atoms. The second-order valence-electron chi connectivity index (χ2n) is 4.30. The molecular formula is C10H19N3. The summed E-state index contributed by atoms with van der Waals surface area (Å²) in [6.45, 7) is 7.73. The molecule has 74 valence electrons. The van der Waals surface area contributed by atoms with Crippen LogP contribution in [0.4, 0.5) is 5.69 Å². The van der Waals surface area contributed by atoms with Gasteiger partial charge in [0.05, 0.1) is 11.9 Å². The third-order valence-electron chi connectivity index (χ3n) is 2.63. The van der Waals surface area contributed by atoms with Crippen LogP contribution in [-0.4, -0.2) is 9.78 Å². The van der Waals surface area contributed by atoms with Crippen molar-refractivity contribution in [2.75, 3.05) is 5.73 Å². The number of aromatic nitrogens is 2. The van der Waals surface area contributed by atoms with Crippen LogP contribution in [-0.2, 0) is 6.54 Å². The molecule has 1 heterocycles. The Labute approximate surface area is 79.9 Å². The van der Waals surface area contributed by atoms with Crippen LogP contribution in [0.2, 0.25) is 0 Å². The van der Waals surface area contributed by atoms with Crippen molar-refractivity contribution in [1.29, 1.82) is 0 Å². The molecule has 0 amide bonds. The van der Waals surface area contributed by atoms with E-state index in [1.54, 1.807) is 6.20 Å². The van der Waals surface area contributed by atoms with E-state index >= 15 is 0 Å². The standard InChI is InChI=1S/C10H19N3/c1-4-10(2,3)5-6-13-8-9(11)7-12-13/h7-8H,4-6,11H2,1-3H3. The average Bonchev–Trinajstić information content (AvgIpc) is 2.48. The molecule has 1 aromatic rings. The van der Waals surface area contributed by atoms with E-state index < -0.39 is 0 Å². The van der Waals surface area contributed by atoms with Crippen LogP contribution in [0, 0.1) is 5.41 Å². The highest BCUT2D eigenvalue weighted by atomic mass is 15.3. The number of hydrogen-bond acceptors (Lipinski definition) is 2. The predicted molar refractivity (Wildman–Crippen MR) is 55.3 cm³/mol. The van der Waals surface area contributed by atoms with Gasteiger partial charge in [0.1, 0.15) is 0 Å². The molecule has 0 bridgehead atoms. The van der Waals surface area contributed by atoms with E-state index in [9.17, 15) is 0 Å². The lowest BCUT2D eigenvalue weighted by molar-refractivity contribution is 0.295. The lowest BCUT2D eigenvalue weighted by Crippen LogP contribution is -2.13. The summed E-state index contributed by atoms with van der Waals surface area (Å²) < 4.78 is 1.91. The van der Waals surface area contributed by atoms with Crippen molar-refractivity contribution in [3.63, 3.8) is 0 Å². The summed E-state index contributed by atoms with van der Waals surface area (Å²) in [4.78, 5) is 0. The number of aryl methyl sites for hydroxylation is 1. The van der Waals surface area contributed by atoms with Crippen LogP contribution in [0.1, 0.15) is 33.6 Å². The third-order valence-corrected chi connectivity index (χ3v) is 2.63. The zero-order valence-corrected chi connectivity index (χ0v) is 8.75. The normalized spacial score (nSPS) is 11.9. The van der Waals surface area contributed by atoms with Crippen molar-refractivity contribution in [3.8, 4) is 0 Å². The molecule has 0 saturated heterocycles. The Morgan fingerprint density at radius 2 is 2.23 bits per heavy atom. The van der Waals surface area contributed by atoms with Gasteiger partial charge in [-0.15, -0.1) is 0 Å². The van der Waals surface area contributed by atoms with E-state index in [-0.39, 0.29) is 0 Å². The van der Waals surface area contributed by atoms with Gasteiger partial charge in [0.25, 0.3) is 0 Å². The van der Waals surface area contributed by atoms with Crippen molar-refractivity contribution < 1.29 is 0 Å². The Balaban J connectivity index is 2.43. The first kappa shape index (κ1) is 10.1. The number of rotatable bonds is 4.